The van der Waals surface area contributed by atoms with Gasteiger partial charge in [-0.2, -0.15) is 0 Å². The predicted molar refractivity (Wildman–Crippen MR) is 32.0 cm³/mol. The first-order chi connectivity index (χ1) is 3.43. The lowest BCUT2D eigenvalue weighted by atomic mass is 10.6. The maximum absolute atomic E-state index is 3.96. The van der Waals surface area contributed by atoms with Crippen LogP contribution >= 0.6 is 9.24 Å². The van der Waals surface area contributed by atoms with E-state index in [1.165, 1.54) is 0 Å². The molecule has 1 rings (SSSR count). The van der Waals surface area contributed by atoms with Gasteiger partial charge in [0.15, 0.2) is 0 Å². The third kappa shape index (κ3) is 1.00. The van der Waals surface area contributed by atoms with Crippen molar-refractivity contribution in [3.8, 4) is 0 Å². The summed E-state index contributed by atoms with van der Waals surface area (Å²) >= 11 is 0. The molecule has 38 valence electrons. The molecule has 0 aromatic carbocycles. The zero-order valence-corrected chi connectivity index (χ0v) is 5.04. The monoisotopic (exact) mass is 114 g/mol. The summed E-state index contributed by atoms with van der Waals surface area (Å²) in [5.74, 6) is 0. The van der Waals surface area contributed by atoms with E-state index < -0.39 is 0 Å². The zero-order valence-electron chi connectivity index (χ0n) is 3.89. The number of aromatic amines is 1. The second-order valence-corrected chi connectivity index (χ2v) is 1.67. The average Bonchev–Trinajstić information content (AvgIpc) is 2.14. The van der Waals surface area contributed by atoms with Crippen LogP contribution in [0.25, 0.3) is 0 Å². The largest absolute Gasteiger partial charge is 0.351 e. The molecule has 0 saturated carbocycles. The summed E-state index contributed by atoms with van der Waals surface area (Å²) in [6.07, 6.45) is 4.50. The lowest BCUT2D eigenvalue weighted by Gasteiger charge is -1.77. The molecule has 0 aliphatic carbocycles. The van der Waals surface area contributed by atoms with Crippen LogP contribution < -0.4 is 0 Å². The molecule has 0 aliphatic rings. The van der Waals surface area contributed by atoms with Gasteiger partial charge in [0.2, 0.25) is 0 Å². The van der Waals surface area contributed by atoms with Gasteiger partial charge in [0.25, 0.3) is 0 Å². The van der Waals surface area contributed by atoms with Crippen molar-refractivity contribution in [3.63, 3.8) is 0 Å². The topological polar surface area (TPSA) is 28.7 Å². The minimum Gasteiger partial charge on any atom is -0.351 e. The molecule has 0 fully saturated rings. The van der Waals surface area contributed by atoms with E-state index in [0.717, 1.165) is 11.9 Å². The van der Waals surface area contributed by atoms with Crippen molar-refractivity contribution < 1.29 is 0 Å². The first-order valence-corrected chi connectivity index (χ1v) is 2.93. The molecule has 0 spiro atoms. The number of H-pyrrole nitrogens is 1. The van der Waals surface area contributed by atoms with Gasteiger partial charge in [-0.15, -0.1) is 9.24 Å². The Hall–Kier alpha value is -0.360. The fourth-order valence-corrected chi connectivity index (χ4v) is 0.626. The second-order valence-electron chi connectivity index (χ2n) is 1.26. The zero-order chi connectivity index (χ0) is 5.11. The first kappa shape index (κ1) is 4.79. The van der Waals surface area contributed by atoms with Crippen LogP contribution in [0.3, 0.4) is 0 Å². The fraction of sp³-hybridized carbons (Fsp3) is 0.250. The highest BCUT2D eigenvalue weighted by molar-refractivity contribution is 7.15. The number of rotatable bonds is 1. The Labute approximate surface area is 44.6 Å². The van der Waals surface area contributed by atoms with E-state index in [1.807, 2.05) is 6.20 Å². The van der Waals surface area contributed by atoms with Gasteiger partial charge in [-0.25, -0.2) is 4.98 Å². The molecule has 3 heteroatoms. The highest BCUT2D eigenvalue weighted by atomic mass is 31.0. The Morgan fingerprint density at radius 3 is 3.00 bits per heavy atom. The van der Waals surface area contributed by atoms with Gasteiger partial charge in [-0.3, -0.25) is 0 Å². The third-order valence-corrected chi connectivity index (χ3v) is 1.18. The second kappa shape index (κ2) is 2.08. The van der Waals surface area contributed by atoms with Crippen LogP contribution in [0.15, 0.2) is 12.5 Å². The van der Waals surface area contributed by atoms with Gasteiger partial charge in [0, 0.05) is 12.4 Å². The maximum atomic E-state index is 3.96. The molecular formula is C4H7N2P. The van der Waals surface area contributed by atoms with E-state index in [-0.39, 0.29) is 0 Å². The van der Waals surface area contributed by atoms with Crippen molar-refractivity contribution in [2.75, 3.05) is 0 Å². The predicted octanol–water partition coefficient (Wildman–Crippen LogP) is 0.785. The van der Waals surface area contributed by atoms with E-state index in [0.29, 0.717) is 0 Å². The summed E-state index contributed by atoms with van der Waals surface area (Å²) in [5, 5.41) is 0. The Bertz CT molecular complexity index is 124. The van der Waals surface area contributed by atoms with E-state index >= 15 is 0 Å². The Morgan fingerprint density at radius 1 is 1.86 bits per heavy atom. The summed E-state index contributed by atoms with van der Waals surface area (Å²) < 4.78 is 0. The molecule has 1 aromatic rings. The molecule has 2 nitrogen and oxygen atoms in total. The van der Waals surface area contributed by atoms with Crippen molar-refractivity contribution >= 4 is 9.24 Å². The van der Waals surface area contributed by atoms with E-state index in [4.69, 9.17) is 0 Å². The summed E-state index contributed by atoms with van der Waals surface area (Å²) in [5.41, 5.74) is 1.09. The molecule has 1 N–H and O–H groups in total. The smallest absolute Gasteiger partial charge is 0.0923 e. The number of hydrogen-bond donors (Lipinski definition) is 1. The molecule has 7 heavy (non-hydrogen) atoms. The number of nitrogens with zero attached hydrogens (tertiary/aromatic N) is 1. The highest BCUT2D eigenvalue weighted by Gasteiger charge is 1.83. The Balaban J connectivity index is 2.76. The summed E-state index contributed by atoms with van der Waals surface area (Å²) in [4.78, 5) is 6.81. The van der Waals surface area contributed by atoms with Crippen molar-refractivity contribution in [2.45, 2.75) is 6.16 Å². The van der Waals surface area contributed by atoms with Crippen molar-refractivity contribution in [3.05, 3.63) is 18.2 Å². The standard InChI is InChI=1S/C4H7N2P/c7-2-4-1-5-3-6-4/h1,3H,2,7H2,(H,5,6). The Morgan fingerprint density at radius 2 is 2.71 bits per heavy atom. The normalized spacial score (nSPS) is 9.29. The maximum Gasteiger partial charge on any atom is 0.0923 e. The quantitative estimate of drug-likeness (QED) is 0.537. The summed E-state index contributed by atoms with van der Waals surface area (Å²) in [6, 6.07) is 0. The summed E-state index contributed by atoms with van der Waals surface area (Å²) in [6.45, 7) is 0. The lowest BCUT2D eigenvalue weighted by molar-refractivity contribution is 1.23. The van der Waals surface area contributed by atoms with Crippen LogP contribution in [0, 0.1) is 0 Å². The van der Waals surface area contributed by atoms with Gasteiger partial charge in [0.1, 0.15) is 0 Å². The Kier molecular flexibility index (Phi) is 1.42. The number of hydrogen-bond acceptors (Lipinski definition) is 1. The molecule has 1 aromatic heterocycles. The van der Waals surface area contributed by atoms with Gasteiger partial charge < -0.3 is 4.98 Å². The number of imidazole rings is 1. The first-order valence-electron chi connectivity index (χ1n) is 2.11. The van der Waals surface area contributed by atoms with Crippen LogP contribution in [-0.4, -0.2) is 9.97 Å². The minimum absolute atomic E-state index is 0.934. The molecule has 0 amide bonds. The van der Waals surface area contributed by atoms with Crippen molar-refractivity contribution in [1.82, 2.24) is 9.97 Å². The molecule has 0 bridgehead atoms. The molecular weight excluding hydrogens is 107 g/mol. The van der Waals surface area contributed by atoms with Gasteiger partial charge >= 0.3 is 0 Å². The fourth-order valence-electron chi connectivity index (χ4n) is 0.403. The van der Waals surface area contributed by atoms with Crippen LogP contribution in [0.4, 0.5) is 0 Å². The minimum atomic E-state index is 0.934. The summed E-state index contributed by atoms with van der Waals surface area (Å²) in [7, 11) is 2.60. The van der Waals surface area contributed by atoms with Gasteiger partial charge in [-0.1, -0.05) is 0 Å². The van der Waals surface area contributed by atoms with E-state index in [1.54, 1.807) is 6.33 Å². The third-order valence-electron chi connectivity index (χ3n) is 0.764. The average molecular weight is 114 g/mol. The number of aromatic nitrogens is 2. The SMILES string of the molecule is PCc1c[nH]cn1. The van der Waals surface area contributed by atoms with Crippen molar-refractivity contribution in [1.29, 1.82) is 0 Å². The van der Waals surface area contributed by atoms with Crippen LogP contribution in [0.2, 0.25) is 0 Å². The molecule has 1 heterocycles. The number of nitrogens with one attached hydrogen (secondary N) is 1. The lowest BCUT2D eigenvalue weighted by Crippen LogP contribution is -1.69. The molecule has 0 saturated heterocycles. The molecule has 1 atom stereocenters. The van der Waals surface area contributed by atoms with E-state index in [2.05, 4.69) is 19.2 Å². The van der Waals surface area contributed by atoms with Crippen LogP contribution in [-0.2, 0) is 6.16 Å². The van der Waals surface area contributed by atoms with Crippen LogP contribution in [0.1, 0.15) is 5.69 Å². The molecule has 1 unspecified atom stereocenters. The molecule has 0 radical (unpaired) electrons. The highest BCUT2D eigenvalue weighted by Crippen LogP contribution is 1.96. The van der Waals surface area contributed by atoms with Crippen LogP contribution in [0.5, 0.6) is 0 Å². The van der Waals surface area contributed by atoms with Gasteiger partial charge in [0.05, 0.1) is 12.0 Å². The van der Waals surface area contributed by atoms with Gasteiger partial charge in [-0.05, 0) is 0 Å². The molecule has 0 aliphatic heterocycles. The van der Waals surface area contributed by atoms with E-state index in [9.17, 15) is 0 Å². The van der Waals surface area contributed by atoms with Crippen molar-refractivity contribution in [2.24, 2.45) is 0 Å².